The van der Waals surface area contributed by atoms with Gasteiger partial charge in [-0.3, -0.25) is 9.59 Å². The summed E-state index contributed by atoms with van der Waals surface area (Å²) >= 11 is 0. The van der Waals surface area contributed by atoms with Gasteiger partial charge in [0, 0.05) is 17.7 Å². The molecule has 0 atom stereocenters. The number of nitrogens with zero attached hydrogens (tertiary/aromatic N) is 3. The van der Waals surface area contributed by atoms with E-state index in [1.54, 1.807) is 18.2 Å². The highest BCUT2D eigenvalue weighted by Gasteiger charge is 2.14. The summed E-state index contributed by atoms with van der Waals surface area (Å²) in [5, 5.41) is 3.86. The van der Waals surface area contributed by atoms with Crippen LogP contribution >= 0.6 is 0 Å². The number of aryl methyl sites for hydroxylation is 1. The third kappa shape index (κ3) is 3.00. The maximum atomic E-state index is 13.4. The van der Waals surface area contributed by atoms with Gasteiger partial charge in [0.15, 0.2) is 11.6 Å². The minimum absolute atomic E-state index is 0.0263. The van der Waals surface area contributed by atoms with Crippen molar-refractivity contribution in [3.63, 3.8) is 0 Å². The van der Waals surface area contributed by atoms with Crippen LogP contribution in [-0.2, 0) is 6.54 Å². The molecule has 142 valence electrons. The van der Waals surface area contributed by atoms with E-state index in [0.717, 1.165) is 12.1 Å². The Bertz CT molecular complexity index is 1310. The third-order valence-electron chi connectivity index (χ3n) is 4.27. The molecular weight excluding hydrogens is 370 g/mol. The Kier molecular flexibility index (Phi) is 4.34. The summed E-state index contributed by atoms with van der Waals surface area (Å²) < 4.78 is 33.1. The molecule has 0 amide bonds. The van der Waals surface area contributed by atoms with E-state index in [1.807, 2.05) is 6.92 Å². The van der Waals surface area contributed by atoms with E-state index in [-0.39, 0.29) is 17.3 Å². The van der Waals surface area contributed by atoms with E-state index in [9.17, 15) is 18.4 Å². The fraction of sp³-hybridized carbons (Fsp3) is 0.158. The molecule has 0 saturated carbocycles. The molecule has 4 rings (SSSR count). The van der Waals surface area contributed by atoms with Crippen LogP contribution in [0.2, 0.25) is 0 Å². The van der Waals surface area contributed by atoms with Gasteiger partial charge in [-0.1, -0.05) is 12.1 Å². The van der Waals surface area contributed by atoms with Crippen LogP contribution in [-0.4, -0.2) is 19.7 Å². The number of hydrogen-bond acceptors (Lipinski definition) is 5. The van der Waals surface area contributed by atoms with Crippen LogP contribution < -0.4 is 11.1 Å². The van der Waals surface area contributed by atoms with Gasteiger partial charge < -0.3 is 14.1 Å². The average Bonchev–Trinajstić information content (AvgIpc) is 3.17. The number of halogens is 2. The molecule has 0 bridgehead atoms. The van der Waals surface area contributed by atoms with E-state index >= 15 is 0 Å². The Balaban J connectivity index is 1.79. The molecule has 2 aromatic carbocycles. The molecule has 0 fully saturated rings. The predicted molar refractivity (Wildman–Crippen MR) is 97.8 cm³/mol. The number of aromatic nitrogens is 4. The highest BCUT2D eigenvalue weighted by atomic mass is 19.2. The van der Waals surface area contributed by atoms with Crippen molar-refractivity contribution in [2.45, 2.75) is 19.9 Å². The average molecular weight is 384 g/mol. The first kappa shape index (κ1) is 17.8. The smallest absolute Gasteiger partial charge is 0.316 e. The number of fused-ring (bicyclic) bond motifs is 1. The quantitative estimate of drug-likeness (QED) is 0.546. The van der Waals surface area contributed by atoms with Crippen LogP contribution in [0.15, 0.2) is 50.5 Å². The van der Waals surface area contributed by atoms with Crippen molar-refractivity contribution in [1.82, 2.24) is 19.7 Å². The second-order valence-electron chi connectivity index (χ2n) is 6.19. The summed E-state index contributed by atoms with van der Waals surface area (Å²) in [5.74, 6) is -1.76. The molecule has 2 heterocycles. The second kappa shape index (κ2) is 6.84. The zero-order valence-electron chi connectivity index (χ0n) is 14.7. The molecule has 0 spiro atoms. The molecule has 0 aliphatic carbocycles. The lowest BCUT2D eigenvalue weighted by Crippen LogP contribution is -2.36. The number of aromatic amines is 1. The molecule has 0 radical (unpaired) electrons. The van der Waals surface area contributed by atoms with Crippen molar-refractivity contribution in [3.05, 3.63) is 68.7 Å². The molecule has 0 aliphatic heterocycles. The van der Waals surface area contributed by atoms with Gasteiger partial charge in [-0.15, -0.1) is 0 Å². The summed E-state index contributed by atoms with van der Waals surface area (Å²) in [6.07, 6.45) is 0.697. The molecule has 0 aliphatic rings. The first-order valence-corrected chi connectivity index (χ1v) is 8.54. The van der Waals surface area contributed by atoms with Crippen molar-refractivity contribution in [2.24, 2.45) is 0 Å². The van der Waals surface area contributed by atoms with Crippen molar-refractivity contribution < 1.29 is 13.3 Å². The predicted octanol–water partition coefficient (Wildman–Crippen LogP) is 3.10. The van der Waals surface area contributed by atoms with Gasteiger partial charge in [-0.2, -0.15) is 4.98 Å². The molecular formula is C19H14F2N4O3. The second-order valence-corrected chi connectivity index (χ2v) is 6.19. The molecule has 28 heavy (non-hydrogen) atoms. The van der Waals surface area contributed by atoms with Crippen LogP contribution in [0.1, 0.15) is 13.3 Å². The summed E-state index contributed by atoms with van der Waals surface area (Å²) in [6, 6.07) is 8.27. The Hall–Kier alpha value is -3.62. The number of hydrogen-bond donors (Lipinski definition) is 1. The first-order valence-electron chi connectivity index (χ1n) is 8.54. The Labute approximate surface area is 156 Å². The maximum Gasteiger partial charge on any atom is 0.316 e. The lowest BCUT2D eigenvalue weighted by Gasteiger charge is -2.08. The van der Waals surface area contributed by atoms with Gasteiger partial charge in [0.2, 0.25) is 5.82 Å². The number of nitrogens with one attached hydrogen (secondary N) is 1. The fourth-order valence-electron chi connectivity index (χ4n) is 2.95. The van der Waals surface area contributed by atoms with Gasteiger partial charge >= 0.3 is 11.1 Å². The molecule has 0 saturated heterocycles. The molecule has 4 aromatic rings. The van der Waals surface area contributed by atoms with Crippen molar-refractivity contribution in [1.29, 1.82) is 0 Å². The molecule has 2 aromatic heterocycles. The van der Waals surface area contributed by atoms with Gasteiger partial charge in [-0.05, 0) is 42.8 Å². The number of benzene rings is 2. The first-order chi connectivity index (χ1) is 13.5. The van der Waals surface area contributed by atoms with Crippen LogP contribution in [0.4, 0.5) is 8.78 Å². The number of rotatable bonds is 4. The normalized spacial score (nSPS) is 11.2. The van der Waals surface area contributed by atoms with Crippen LogP contribution in [0.25, 0.3) is 33.9 Å². The van der Waals surface area contributed by atoms with Crippen molar-refractivity contribution in [3.8, 4) is 22.8 Å². The van der Waals surface area contributed by atoms with Crippen LogP contribution in [0, 0.1) is 11.6 Å². The molecule has 7 nitrogen and oxygen atoms in total. The van der Waals surface area contributed by atoms with Crippen molar-refractivity contribution >= 4 is 11.0 Å². The Morgan fingerprint density at radius 3 is 2.61 bits per heavy atom. The number of H-pyrrole nitrogens is 1. The molecule has 9 heteroatoms. The van der Waals surface area contributed by atoms with Gasteiger partial charge in [0.05, 0.1) is 11.0 Å². The monoisotopic (exact) mass is 384 g/mol. The van der Waals surface area contributed by atoms with E-state index in [2.05, 4.69) is 15.1 Å². The zero-order chi connectivity index (χ0) is 19.8. The lowest BCUT2D eigenvalue weighted by molar-refractivity contribution is 0.431. The highest BCUT2D eigenvalue weighted by molar-refractivity contribution is 5.80. The van der Waals surface area contributed by atoms with E-state index in [4.69, 9.17) is 4.52 Å². The minimum atomic E-state index is -1.02. The van der Waals surface area contributed by atoms with Crippen molar-refractivity contribution in [2.75, 3.05) is 0 Å². The summed E-state index contributed by atoms with van der Waals surface area (Å²) in [5.41, 5.74) is 0.483. The van der Waals surface area contributed by atoms with E-state index in [0.29, 0.717) is 29.6 Å². The minimum Gasteiger partial charge on any atom is -0.334 e. The van der Waals surface area contributed by atoms with Gasteiger partial charge in [0.1, 0.15) is 0 Å². The van der Waals surface area contributed by atoms with E-state index < -0.39 is 22.8 Å². The SMILES string of the molecule is CCCn1c(=O)c(=O)[nH]c2cc(-c3noc(-c4ccc(F)c(F)c4)n3)ccc21. The molecule has 0 unspecified atom stereocenters. The summed E-state index contributed by atoms with van der Waals surface area (Å²) in [4.78, 5) is 30.7. The Morgan fingerprint density at radius 1 is 1.07 bits per heavy atom. The fourth-order valence-corrected chi connectivity index (χ4v) is 2.95. The standard InChI is InChI=1S/C19H14F2N4O3/c1-2-7-25-15-6-4-10(9-14(15)22-17(26)19(25)27)16-23-18(28-24-16)11-3-5-12(20)13(21)8-11/h3-6,8-9H,2,7H2,1H3,(H,22,26). The van der Waals surface area contributed by atoms with Crippen LogP contribution in [0.3, 0.4) is 0 Å². The molecule has 1 N–H and O–H groups in total. The highest BCUT2D eigenvalue weighted by Crippen LogP contribution is 2.25. The van der Waals surface area contributed by atoms with Crippen LogP contribution in [0.5, 0.6) is 0 Å². The largest absolute Gasteiger partial charge is 0.334 e. The summed E-state index contributed by atoms with van der Waals surface area (Å²) in [6.45, 7) is 2.33. The maximum absolute atomic E-state index is 13.4. The van der Waals surface area contributed by atoms with Gasteiger partial charge in [-0.25, -0.2) is 8.78 Å². The Morgan fingerprint density at radius 2 is 1.86 bits per heavy atom. The zero-order valence-corrected chi connectivity index (χ0v) is 14.7. The lowest BCUT2D eigenvalue weighted by atomic mass is 10.1. The van der Waals surface area contributed by atoms with E-state index in [1.165, 1.54) is 10.6 Å². The van der Waals surface area contributed by atoms with Gasteiger partial charge in [0.25, 0.3) is 5.89 Å². The third-order valence-corrected chi connectivity index (χ3v) is 4.27. The topological polar surface area (TPSA) is 93.8 Å². The summed E-state index contributed by atoms with van der Waals surface area (Å²) in [7, 11) is 0.